The van der Waals surface area contributed by atoms with Gasteiger partial charge in [0.1, 0.15) is 0 Å². The summed E-state index contributed by atoms with van der Waals surface area (Å²) in [6.07, 6.45) is -4.07. The molecular weight excluding hydrogens is 219 g/mol. The Labute approximate surface area is 91.9 Å². The molecule has 0 saturated carbocycles. The van der Waals surface area contributed by atoms with Gasteiger partial charge in [-0.05, 0) is 31.0 Å². The topological polar surface area (TPSA) is 46.2 Å². The fourth-order valence-electron chi connectivity index (χ4n) is 1.33. The van der Waals surface area contributed by atoms with Crippen molar-refractivity contribution in [2.45, 2.75) is 25.1 Å². The zero-order chi connectivity index (χ0) is 12.4. The van der Waals surface area contributed by atoms with E-state index >= 15 is 0 Å². The van der Waals surface area contributed by atoms with Crippen molar-refractivity contribution in [1.82, 2.24) is 0 Å². The molecule has 0 bridgehead atoms. The summed E-state index contributed by atoms with van der Waals surface area (Å²) in [6.45, 7) is 1.18. The molecule has 0 fully saturated rings. The first-order valence-electron chi connectivity index (χ1n) is 4.87. The molecule has 0 radical (unpaired) electrons. The van der Waals surface area contributed by atoms with Gasteiger partial charge in [-0.1, -0.05) is 24.3 Å². The predicted molar refractivity (Wildman–Crippen MR) is 54.8 cm³/mol. The number of alkyl halides is 3. The Morgan fingerprint density at radius 2 is 1.69 bits per heavy atom. The summed E-state index contributed by atoms with van der Waals surface area (Å²) in [4.78, 5) is 0. The Kier molecular flexibility index (Phi) is 3.60. The van der Waals surface area contributed by atoms with Crippen LogP contribution >= 0.6 is 0 Å². The molecule has 0 aliphatic rings. The third-order valence-electron chi connectivity index (χ3n) is 2.50. The monoisotopic (exact) mass is 233 g/mol. The van der Waals surface area contributed by atoms with E-state index in [1.54, 1.807) is 12.1 Å². The number of aliphatic hydroxyl groups is 1. The normalized spacial score (nSPS) is 15.9. The van der Waals surface area contributed by atoms with Gasteiger partial charge in [-0.3, -0.25) is 0 Å². The Bertz CT molecular complexity index is 343. The molecule has 0 aliphatic heterocycles. The first kappa shape index (κ1) is 13.0. The van der Waals surface area contributed by atoms with Gasteiger partial charge in [0.05, 0.1) is 0 Å². The van der Waals surface area contributed by atoms with E-state index < -0.39 is 11.8 Å². The highest BCUT2D eigenvalue weighted by Crippen LogP contribution is 2.38. The van der Waals surface area contributed by atoms with Gasteiger partial charge in [0.15, 0.2) is 5.60 Å². The van der Waals surface area contributed by atoms with Crippen LogP contribution in [0.3, 0.4) is 0 Å². The minimum absolute atomic E-state index is 0.166. The van der Waals surface area contributed by atoms with E-state index in [0.717, 1.165) is 12.5 Å². The Balaban J connectivity index is 2.97. The lowest BCUT2D eigenvalue weighted by molar-refractivity contribution is -0.258. The van der Waals surface area contributed by atoms with Crippen molar-refractivity contribution >= 4 is 0 Å². The molecule has 1 unspecified atom stereocenters. The number of benzene rings is 1. The Morgan fingerprint density at radius 3 is 2.06 bits per heavy atom. The smallest absolute Gasteiger partial charge is 0.376 e. The van der Waals surface area contributed by atoms with Gasteiger partial charge in [0.2, 0.25) is 0 Å². The fourth-order valence-corrected chi connectivity index (χ4v) is 1.33. The Morgan fingerprint density at radius 1 is 1.19 bits per heavy atom. The van der Waals surface area contributed by atoms with Crippen molar-refractivity contribution in [2.75, 3.05) is 6.54 Å². The van der Waals surface area contributed by atoms with Gasteiger partial charge >= 0.3 is 6.18 Å². The van der Waals surface area contributed by atoms with Crippen LogP contribution < -0.4 is 5.73 Å². The van der Waals surface area contributed by atoms with E-state index in [9.17, 15) is 18.3 Å². The summed E-state index contributed by atoms with van der Waals surface area (Å²) in [5, 5.41) is 9.39. The van der Waals surface area contributed by atoms with Crippen LogP contribution in [0.5, 0.6) is 0 Å². The fraction of sp³-hybridized carbons (Fsp3) is 0.455. The number of rotatable bonds is 3. The van der Waals surface area contributed by atoms with E-state index in [2.05, 4.69) is 0 Å². The molecule has 2 nitrogen and oxygen atoms in total. The molecule has 5 heteroatoms. The van der Waals surface area contributed by atoms with Gasteiger partial charge < -0.3 is 10.8 Å². The molecule has 0 amide bonds. The van der Waals surface area contributed by atoms with Crippen LogP contribution in [0, 0.1) is 0 Å². The van der Waals surface area contributed by atoms with Crippen LogP contribution in [0.15, 0.2) is 24.3 Å². The van der Waals surface area contributed by atoms with E-state index in [-0.39, 0.29) is 5.56 Å². The van der Waals surface area contributed by atoms with Crippen molar-refractivity contribution < 1.29 is 18.3 Å². The molecule has 0 aromatic heterocycles. The van der Waals surface area contributed by atoms with Gasteiger partial charge in [0.25, 0.3) is 0 Å². The van der Waals surface area contributed by atoms with Crippen molar-refractivity contribution in [2.24, 2.45) is 5.73 Å². The van der Waals surface area contributed by atoms with E-state index in [4.69, 9.17) is 5.73 Å². The lowest BCUT2D eigenvalue weighted by Crippen LogP contribution is -2.39. The third-order valence-corrected chi connectivity index (χ3v) is 2.50. The standard InChI is InChI=1S/C11H14F3NO/c1-10(16,11(12,13)14)9-4-2-8(3-5-9)6-7-15/h2-5,16H,6-7,15H2,1H3. The molecule has 0 aliphatic carbocycles. The van der Waals surface area contributed by atoms with Crippen LogP contribution in [-0.4, -0.2) is 17.8 Å². The number of hydrogen-bond acceptors (Lipinski definition) is 2. The first-order valence-corrected chi connectivity index (χ1v) is 4.87. The highest BCUT2D eigenvalue weighted by molar-refractivity contribution is 5.28. The van der Waals surface area contributed by atoms with Gasteiger partial charge in [-0.15, -0.1) is 0 Å². The van der Waals surface area contributed by atoms with Crippen molar-refractivity contribution in [3.63, 3.8) is 0 Å². The number of hydrogen-bond donors (Lipinski definition) is 2. The second kappa shape index (κ2) is 4.43. The number of nitrogens with two attached hydrogens (primary N) is 1. The summed E-state index contributed by atoms with van der Waals surface area (Å²) < 4.78 is 37.5. The lowest BCUT2D eigenvalue weighted by Gasteiger charge is -2.26. The predicted octanol–water partition coefficient (Wildman–Crippen LogP) is 1.96. The zero-order valence-corrected chi connectivity index (χ0v) is 8.88. The second-order valence-corrected chi connectivity index (χ2v) is 3.81. The maximum absolute atomic E-state index is 12.5. The number of halogens is 3. The molecular formula is C11H14F3NO. The minimum Gasteiger partial charge on any atom is -0.376 e. The summed E-state index contributed by atoms with van der Waals surface area (Å²) in [5.41, 5.74) is 3.20. The van der Waals surface area contributed by atoms with Crippen LogP contribution in [0.4, 0.5) is 13.2 Å². The molecule has 1 rings (SSSR count). The van der Waals surface area contributed by atoms with Gasteiger partial charge in [0, 0.05) is 0 Å². The molecule has 0 spiro atoms. The van der Waals surface area contributed by atoms with Gasteiger partial charge in [-0.25, -0.2) is 0 Å². The molecule has 16 heavy (non-hydrogen) atoms. The minimum atomic E-state index is -4.68. The largest absolute Gasteiger partial charge is 0.421 e. The van der Waals surface area contributed by atoms with Crippen molar-refractivity contribution in [3.05, 3.63) is 35.4 Å². The SMILES string of the molecule is CC(O)(c1ccc(CCN)cc1)C(F)(F)F. The highest BCUT2D eigenvalue weighted by atomic mass is 19.4. The zero-order valence-electron chi connectivity index (χ0n) is 8.88. The molecule has 1 aromatic rings. The lowest BCUT2D eigenvalue weighted by atomic mass is 9.94. The summed E-state index contributed by atoms with van der Waals surface area (Å²) >= 11 is 0. The van der Waals surface area contributed by atoms with Gasteiger partial charge in [-0.2, -0.15) is 13.2 Å². The van der Waals surface area contributed by atoms with E-state index in [1.165, 1.54) is 12.1 Å². The third kappa shape index (κ3) is 2.54. The van der Waals surface area contributed by atoms with Crippen LogP contribution in [0.25, 0.3) is 0 Å². The van der Waals surface area contributed by atoms with E-state index in [0.29, 0.717) is 13.0 Å². The summed E-state index contributed by atoms with van der Waals surface area (Å²) in [6, 6.07) is 5.64. The average Bonchev–Trinajstić information content (AvgIpc) is 2.17. The first-order chi connectivity index (χ1) is 7.29. The summed E-state index contributed by atoms with van der Waals surface area (Å²) in [5.74, 6) is 0. The van der Waals surface area contributed by atoms with Crippen LogP contribution in [0.2, 0.25) is 0 Å². The van der Waals surface area contributed by atoms with Crippen LogP contribution in [0.1, 0.15) is 18.1 Å². The quantitative estimate of drug-likeness (QED) is 0.838. The molecule has 90 valence electrons. The maximum Gasteiger partial charge on any atom is 0.421 e. The molecule has 1 aromatic carbocycles. The average molecular weight is 233 g/mol. The second-order valence-electron chi connectivity index (χ2n) is 3.81. The van der Waals surface area contributed by atoms with Crippen LogP contribution in [-0.2, 0) is 12.0 Å². The molecule has 0 heterocycles. The molecule has 0 saturated heterocycles. The summed E-state index contributed by atoms with van der Waals surface area (Å²) in [7, 11) is 0. The van der Waals surface area contributed by atoms with Crippen molar-refractivity contribution in [3.8, 4) is 0 Å². The van der Waals surface area contributed by atoms with E-state index in [1.807, 2.05) is 0 Å². The highest BCUT2D eigenvalue weighted by Gasteiger charge is 2.50. The maximum atomic E-state index is 12.5. The van der Waals surface area contributed by atoms with Crippen molar-refractivity contribution in [1.29, 1.82) is 0 Å². The molecule has 3 N–H and O–H groups in total. The Hall–Kier alpha value is -1.07. The molecule has 1 atom stereocenters.